The van der Waals surface area contributed by atoms with Crippen molar-refractivity contribution in [2.24, 2.45) is 0 Å². The van der Waals surface area contributed by atoms with E-state index < -0.39 is 0 Å². The number of anilines is 3. The van der Waals surface area contributed by atoms with Crippen LogP contribution in [0.2, 0.25) is 0 Å². The van der Waals surface area contributed by atoms with E-state index in [0.29, 0.717) is 18.3 Å². The first kappa shape index (κ1) is 12.6. The van der Waals surface area contributed by atoms with Crippen molar-refractivity contribution >= 4 is 28.9 Å². The Kier molecular flexibility index (Phi) is 3.61. The molecule has 2 N–H and O–H groups in total. The number of thiophene rings is 1. The summed E-state index contributed by atoms with van der Waals surface area (Å²) >= 11 is 1.66. The minimum Gasteiger partial charge on any atom is -0.368 e. The number of rotatable bonds is 4. The summed E-state index contributed by atoms with van der Waals surface area (Å²) in [5, 5.41) is 4.12. The predicted molar refractivity (Wildman–Crippen MR) is 75.0 cm³/mol. The SMILES string of the molecule is CN(C)c1nc(N)nc(CN(C)c2ccsc2)n1. The van der Waals surface area contributed by atoms with Crippen molar-refractivity contribution in [3.8, 4) is 0 Å². The third kappa shape index (κ3) is 2.86. The zero-order valence-electron chi connectivity index (χ0n) is 10.7. The van der Waals surface area contributed by atoms with Gasteiger partial charge in [0, 0.05) is 32.2 Å². The lowest BCUT2D eigenvalue weighted by Gasteiger charge is -2.17. The van der Waals surface area contributed by atoms with Crippen LogP contribution in [0.25, 0.3) is 0 Å². The summed E-state index contributed by atoms with van der Waals surface area (Å²) in [6.45, 7) is 0.601. The number of nitrogens with zero attached hydrogens (tertiary/aromatic N) is 5. The lowest BCUT2D eigenvalue weighted by Crippen LogP contribution is -2.21. The van der Waals surface area contributed by atoms with Crippen LogP contribution in [-0.4, -0.2) is 36.1 Å². The summed E-state index contributed by atoms with van der Waals surface area (Å²) < 4.78 is 0. The van der Waals surface area contributed by atoms with E-state index >= 15 is 0 Å². The molecule has 2 aromatic rings. The van der Waals surface area contributed by atoms with Gasteiger partial charge in [0.2, 0.25) is 11.9 Å². The Morgan fingerprint density at radius 1 is 1.22 bits per heavy atom. The van der Waals surface area contributed by atoms with Gasteiger partial charge in [-0.05, 0) is 11.4 Å². The van der Waals surface area contributed by atoms with Crippen molar-refractivity contribution in [3.05, 3.63) is 22.7 Å². The van der Waals surface area contributed by atoms with Gasteiger partial charge in [0.1, 0.15) is 0 Å². The zero-order chi connectivity index (χ0) is 13.1. The van der Waals surface area contributed by atoms with Crippen LogP contribution in [0.4, 0.5) is 17.6 Å². The van der Waals surface area contributed by atoms with E-state index in [1.54, 1.807) is 11.3 Å². The molecule has 0 bridgehead atoms. The summed E-state index contributed by atoms with van der Waals surface area (Å²) in [4.78, 5) is 16.5. The van der Waals surface area contributed by atoms with Crippen LogP contribution in [0, 0.1) is 0 Å². The molecule has 7 heteroatoms. The Balaban J connectivity index is 2.18. The molecule has 2 aromatic heterocycles. The maximum atomic E-state index is 5.69. The van der Waals surface area contributed by atoms with Crippen molar-refractivity contribution in [2.45, 2.75) is 6.54 Å². The standard InChI is InChI=1S/C11H16N6S/c1-16(2)11-14-9(13-10(12)15-11)6-17(3)8-4-5-18-7-8/h4-5,7H,6H2,1-3H3,(H2,12,13,14,15). The van der Waals surface area contributed by atoms with Crippen LogP contribution in [-0.2, 0) is 6.54 Å². The van der Waals surface area contributed by atoms with Crippen molar-refractivity contribution in [1.29, 1.82) is 0 Å². The average Bonchev–Trinajstić information content (AvgIpc) is 2.81. The fourth-order valence-electron chi connectivity index (χ4n) is 1.47. The number of aromatic nitrogens is 3. The van der Waals surface area contributed by atoms with Gasteiger partial charge in [-0.25, -0.2) is 0 Å². The third-order valence-corrected chi connectivity index (χ3v) is 3.08. The fraction of sp³-hybridized carbons (Fsp3) is 0.364. The van der Waals surface area contributed by atoms with E-state index in [4.69, 9.17) is 5.73 Å². The minimum atomic E-state index is 0.252. The highest BCUT2D eigenvalue weighted by atomic mass is 32.1. The summed E-state index contributed by atoms with van der Waals surface area (Å²) in [5.74, 6) is 1.50. The van der Waals surface area contributed by atoms with Crippen LogP contribution < -0.4 is 15.5 Å². The molecule has 0 fully saturated rings. The van der Waals surface area contributed by atoms with E-state index in [1.807, 2.05) is 31.4 Å². The smallest absolute Gasteiger partial charge is 0.229 e. The molecule has 96 valence electrons. The first-order valence-electron chi connectivity index (χ1n) is 5.47. The number of nitrogen functional groups attached to an aromatic ring is 1. The maximum absolute atomic E-state index is 5.69. The number of nitrogens with two attached hydrogens (primary N) is 1. The summed E-state index contributed by atoms with van der Waals surface area (Å²) in [5.41, 5.74) is 6.83. The second-order valence-electron chi connectivity index (χ2n) is 4.14. The van der Waals surface area contributed by atoms with Crippen LogP contribution in [0.3, 0.4) is 0 Å². The van der Waals surface area contributed by atoms with Gasteiger partial charge in [0.15, 0.2) is 5.82 Å². The van der Waals surface area contributed by atoms with Crippen molar-refractivity contribution < 1.29 is 0 Å². The Labute approximate surface area is 110 Å². The average molecular weight is 264 g/mol. The summed E-state index contributed by atoms with van der Waals surface area (Å²) in [6, 6.07) is 2.06. The van der Waals surface area contributed by atoms with E-state index in [-0.39, 0.29) is 5.95 Å². The Morgan fingerprint density at radius 2 is 2.00 bits per heavy atom. The molecule has 0 aromatic carbocycles. The summed E-state index contributed by atoms with van der Waals surface area (Å²) in [6.07, 6.45) is 0. The molecule has 0 saturated heterocycles. The van der Waals surface area contributed by atoms with Crippen molar-refractivity contribution in [1.82, 2.24) is 15.0 Å². The molecule has 0 atom stereocenters. The van der Waals surface area contributed by atoms with Gasteiger partial charge < -0.3 is 15.5 Å². The number of hydrogen-bond acceptors (Lipinski definition) is 7. The molecule has 0 spiro atoms. The monoisotopic (exact) mass is 264 g/mol. The Morgan fingerprint density at radius 3 is 2.61 bits per heavy atom. The topological polar surface area (TPSA) is 71.2 Å². The van der Waals surface area contributed by atoms with Crippen LogP contribution >= 0.6 is 11.3 Å². The largest absolute Gasteiger partial charge is 0.368 e. The molecule has 2 rings (SSSR count). The van der Waals surface area contributed by atoms with Gasteiger partial charge in [-0.2, -0.15) is 26.3 Å². The normalized spacial score (nSPS) is 10.4. The van der Waals surface area contributed by atoms with Gasteiger partial charge in [0.05, 0.1) is 6.54 Å². The molecule has 0 radical (unpaired) electrons. The highest BCUT2D eigenvalue weighted by Gasteiger charge is 2.09. The molecule has 18 heavy (non-hydrogen) atoms. The van der Waals surface area contributed by atoms with E-state index in [2.05, 4.69) is 31.3 Å². The van der Waals surface area contributed by atoms with E-state index in [9.17, 15) is 0 Å². The molecule has 0 saturated carbocycles. The number of hydrogen-bond donors (Lipinski definition) is 1. The quantitative estimate of drug-likeness (QED) is 0.895. The van der Waals surface area contributed by atoms with Gasteiger partial charge in [0.25, 0.3) is 0 Å². The summed E-state index contributed by atoms with van der Waals surface area (Å²) in [7, 11) is 5.75. The molecule has 6 nitrogen and oxygen atoms in total. The van der Waals surface area contributed by atoms with Crippen molar-refractivity contribution in [3.63, 3.8) is 0 Å². The molecule has 2 heterocycles. The highest BCUT2D eigenvalue weighted by molar-refractivity contribution is 7.08. The molecular weight excluding hydrogens is 248 g/mol. The molecule has 0 aliphatic rings. The zero-order valence-corrected chi connectivity index (χ0v) is 11.5. The van der Waals surface area contributed by atoms with E-state index in [0.717, 1.165) is 5.69 Å². The minimum absolute atomic E-state index is 0.252. The lowest BCUT2D eigenvalue weighted by molar-refractivity contribution is 0.815. The van der Waals surface area contributed by atoms with Gasteiger partial charge in [-0.1, -0.05) is 0 Å². The maximum Gasteiger partial charge on any atom is 0.229 e. The molecule has 0 aliphatic heterocycles. The Bertz CT molecular complexity index is 510. The van der Waals surface area contributed by atoms with Crippen LogP contribution in [0.5, 0.6) is 0 Å². The molecule has 0 amide bonds. The molecule has 0 aliphatic carbocycles. The predicted octanol–water partition coefficient (Wildman–Crippen LogP) is 1.22. The fourth-order valence-corrected chi connectivity index (χ4v) is 2.17. The second-order valence-corrected chi connectivity index (χ2v) is 4.92. The highest BCUT2D eigenvalue weighted by Crippen LogP contribution is 2.18. The van der Waals surface area contributed by atoms with Gasteiger partial charge in [-0.3, -0.25) is 0 Å². The van der Waals surface area contributed by atoms with Crippen LogP contribution in [0.15, 0.2) is 16.8 Å². The lowest BCUT2D eigenvalue weighted by atomic mass is 10.4. The van der Waals surface area contributed by atoms with Gasteiger partial charge in [-0.15, -0.1) is 0 Å². The van der Waals surface area contributed by atoms with Crippen molar-refractivity contribution in [2.75, 3.05) is 36.7 Å². The van der Waals surface area contributed by atoms with Gasteiger partial charge >= 0.3 is 0 Å². The first-order chi connectivity index (χ1) is 8.56. The van der Waals surface area contributed by atoms with Crippen LogP contribution in [0.1, 0.15) is 5.82 Å². The second kappa shape index (κ2) is 5.18. The first-order valence-corrected chi connectivity index (χ1v) is 6.41. The molecule has 0 unspecified atom stereocenters. The molecular formula is C11H16N6S. The Hall–Kier alpha value is -1.89. The van der Waals surface area contributed by atoms with E-state index in [1.165, 1.54) is 0 Å². The third-order valence-electron chi connectivity index (χ3n) is 2.41.